The predicted molar refractivity (Wildman–Crippen MR) is 330 cm³/mol. The maximum absolute atomic E-state index is 14.3. The van der Waals surface area contributed by atoms with Crippen LogP contribution in [0.5, 0.6) is 0 Å². The third kappa shape index (κ3) is 19.9. The number of hydrogen-bond acceptors (Lipinski definition) is 19. The van der Waals surface area contributed by atoms with Gasteiger partial charge in [0.15, 0.2) is 5.82 Å². The first-order chi connectivity index (χ1) is 41.8. The van der Waals surface area contributed by atoms with Crippen LogP contribution in [0.1, 0.15) is 91.1 Å². The molecule has 2 aromatic carbocycles. The molecule has 7 rings (SSSR count). The number of halogens is 1. The Labute approximate surface area is 520 Å². The van der Waals surface area contributed by atoms with E-state index >= 15 is 0 Å². The number of carbonyl (C=O) groups is 4. The Morgan fingerprint density at radius 2 is 1.43 bits per heavy atom. The summed E-state index contributed by atoms with van der Waals surface area (Å²) in [5.41, 5.74) is 15.3. The highest BCUT2D eigenvalue weighted by Gasteiger charge is 2.45. The van der Waals surface area contributed by atoms with Gasteiger partial charge < -0.3 is 59.1 Å². The third-order valence-electron chi connectivity index (χ3n) is 14.5. The molecule has 4 amide bonds. The van der Waals surface area contributed by atoms with Crippen molar-refractivity contribution in [3.8, 4) is 15.4 Å². The summed E-state index contributed by atoms with van der Waals surface area (Å²) < 4.78 is 42.6. The Balaban J connectivity index is 0.836. The number of nitrogens with one attached hydrogen (secondary N) is 3. The molecule has 1 fully saturated rings. The second-order valence-electron chi connectivity index (χ2n) is 22.7. The van der Waals surface area contributed by atoms with Gasteiger partial charge in [-0.15, -0.1) is 32.9 Å². The van der Waals surface area contributed by atoms with Gasteiger partial charge in [0.05, 0.1) is 120 Å². The second kappa shape index (κ2) is 33.4. The molecule has 0 bridgehead atoms. The number of hydrogen-bond donors (Lipinski definition) is 4. The van der Waals surface area contributed by atoms with Crippen molar-refractivity contribution >= 4 is 63.6 Å². The number of rotatable bonds is 35. The van der Waals surface area contributed by atoms with Crippen molar-refractivity contribution in [2.75, 3.05) is 112 Å². The Morgan fingerprint density at radius 1 is 0.805 bits per heavy atom. The maximum Gasteiger partial charge on any atom is 0.246 e. The maximum atomic E-state index is 14.3. The molecule has 87 heavy (non-hydrogen) atoms. The number of likely N-dealkylation sites (tertiary alicyclic amines) is 1. The third-order valence-corrected chi connectivity index (χ3v) is 16.9. The minimum atomic E-state index is -1.05. The number of thiazole rings is 1. The number of nitrogens with zero attached hydrogens (tertiary/aromatic N) is 9. The van der Waals surface area contributed by atoms with Gasteiger partial charge in [-0.05, 0) is 67.5 Å². The molecule has 5 aromatic rings. The SMILES string of the molecule is Cc1ncsc1-c1ccc(CNC(=O)[C@@H]2C[C@@H](O)CN2C(=O)[C@@H](NC(=O)COCC(C)(COCCOCCOCCN=[N+]=[N-])COCCOCCOCCNC(=O)C[C@@H]2N=C(c3ccc(Cl)cc3)c3c(sc(C)c3C)-n3c(C)nnc32)C(C)(C)C)cc1. The fourth-order valence-electron chi connectivity index (χ4n) is 9.81. The number of benzene rings is 2. The van der Waals surface area contributed by atoms with Gasteiger partial charge in [0.25, 0.3) is 0 Å². The van der Waals surface area contributed by atoms with E-state index in [0.29, 0.717) is 36.5 Å². The van der Waals surface area contributed by atoms with Crippen molar-refractivity contribution in [3.05, 3.63) is 114 Å². The molecular weight excluding hydrogens is 1180 g/mol. The summed E-state index contributed by atoms with van der Waals surface area (Å²) in [6.07, 6.45) is -0.818. The summed E-state index contributed by atoms with van der Waals surface area (Å²) >= 11 is 9.47. The fraction of sp³-hybridized carbons (Fsp3) is 0.567. The molecule has 24 nitrogen and oxygen atoms in total. The zero-order valence-electron chi connectivity index (χ0n) is 50.8. The van der Waals surface area contributed by atoms with Crippen LogP contribution in [0.15, 0.2) is 64.1 Å². The summed E-state index contributed by atoms with van der Waals surface area (Å²) in [5.74, 6) is -0.345. The number of aliphatic hydroxyl groups is 1. The second-order valence-corrected chi connectivity index (χ2v) is 25.2. The van der Waals surface area contributed by atoms with E-state index in [0.717, 1.165) is 54.0 Å². The molecule has 0 saturated carbocycles. The van der Waals surface area contributed by atoms with Gasteiger partial charge in [-0.2, -0.15) is 0 Å². The number of amides is 4. The molecule has 27 heteroatoms. The van der Waals surface area contributed by atoms with Gasteiger partial charge in [0.1, 0.15) is 35.6 Å². The Morgan fingerprint density at radius 3 is 2.06 bits per heavy atom. The first kappa shape index (κ1) is 68.2. The zero-order valence-corrected chi connectivity index (χ0v) is 53.2. The number of ether oxygens (including phenoxy) is 7. The van der Waals surface area contributed by atoms with Crippen LogP contribution in [0.2, 0.25) is 5.02 Å². The van der Waals surface area contributed by atoms with Crippen LogP contribution in [0.4, 0.5) is 0 Å². The smallest absolute Gasteiger partial charge is 0.246 e. The summed E-state index contributed by atoms with van der Waals surface area (Å²) in [4.78, 5) is 70.8. The van der Waals surface area contributed by atoms with Crippen LogP contribution in [0, 0.1) is 38.5 Å². The zero-order chi connectivity index (χ0) is 62.5. The van der Waals surface area contributed by atoms with Crippen LogP contribution in [-0.2, 0) is 58.9 Å². The molecule has 1 unspecified atom stereocenters. The highest BCUT2D eigenvalue weighted by molar-refractivity contribution is 7.15. The van der Waals surface area contributed by atoms with E-state index in [2.05, 4.69) is 55.0 Å². The number of fused-ring (bicyclic) bond motifs is 3. The van der Waals surface area contributed by atoms with Gasteiger partial charge in [0, 0.05) is 64.0 Å². The van der Waals surface area contributed by atoms with Gasteiger partial charge in [-0.3, -0.25) is 28.7 Å². The molecule has 4 N–H and O–H groups in total. The molecule has 0 spiro atoms. The van der Waals surface area contributed by atoms with E-state index in [1.54, 1.807) is 28.2 Å². The fourth-order valence-corrected chi connectivity index (χ4v) is 12.0. The van der Waals surface area contributed by atoms with E-state index in [9.17, 15) is 24.3 Å². The lowest BCUT2D eigenvalue weighted by atomic mass is 9.85. The lowest BCUT2D eigenvalue weighted by Crippen LogP contribution is -2.58. The Hall–Kier alpha value is -6.26. The topological polar surface area (TPSA) is 297 Å². The molecule has 5 atom stereocenters. The highest BCUT2D eigenvalue weighted by Crippen LogP contribution is 2.40. The molecular formula is C60H81ClN12O12S2. The summed E-state index contributed by atoms with van der Waals surface area (Å²) in [6, 6.07) is 12.8. The van der Waals surface area contributed by atoms with E-state index < -0.39 is 52.8 Å². The van der Waals surface area contributed by atoms with Gasteiger partial charge in [-0.1, -0.05) is 80.8 Å². The van der Waals surface area contributed by atoms with Crippen LogP contribution in [0.25, 0.3) is 25.9 Å². The Bertz CT molecular complexity index is 3150. The molecule has 2 aliphatic rings. The van der Waals surface area contributed by atoms with E-state index in [-0.39, 0.29) is 118 Å². The van der Waals surface area contributed by atoms with E-state index in [1.807, 2.05) is 94.6 Å². The number of carbonyl (C=O) groups excluding carboxylic acids is 4. The Kier molecular flexibility index (Phi) is 26.2. The van der Waals surface area contributed by atoms with Crippen LogP contribution < -0.4 is 16.0 Å². The number of β-amino-alcohol motifs (C(OH)–C–C–N with tert-alkyl or cyclic N) is 1. The molecule has 3 aromatic heterocycles. The molecule has 472 valence electrons. The first-order valence-electron chi connectivity index (χ1n) is 29.0. The van der Waals surface area contributed by atoms with Crippen molar-refractivity contribution in [1.82, 2.24) is 40.6 Å². The molecule has 5 heterocycles. The number of aromatic nitrogens is 4. The standard InChI is InChI=1S/C60H81ClN12O12S2/c1-38-40(3)87-58-51(38)52(43-13-15-45(61)16-14-43)67-47(55-70-69-41(4)73(55)58)30-49(75)63-17-19-79-21-23-81-25-27-83-34-60(8,35-84-28-26-82-24-22-80-20-18-66-71-62)36-85-33-50(76)68-54(59(5,6)7)57(78)72-32-46(74)29-48(72)56(77)64-31-42-9-11-44(12-10-42)53-39(2)65-37-86-53/h9-16,37,46-48,54,74H,17-36H2,1-8H3,(H,63,75)(H,64,77)(H,68,76)/t46-,47+,48+,54-,60?/m1/s1. The average Bonchev–Trinajstić information content (AvgIpc) is 1.63. The van der Waals surface area contributed by atoms with Crippen molar-refractivity contribution in [3.63, 3.8) is 0 Å². The normalized spacial score (nSPS) is 16.7. The minimum Gasteiger partial charge on any atom is -0.391 e. The summed E-state index contributed by atoms with van der Waals surface area (Å²) in [7, 11) is 0. The largest absolute Gasteiger partial charge is 0.391 e. The molecule has 0 radical (unpaired) electrons. The molecule has 0 aliphatic carbocycles. The number of aliphatic imine (C=N–C) groups is 1. The van der Waals surface area contributed by atoms with Crippen LogP contribution in [0.3, 0.4) is 0 Å². The quantitative estimate of drug-likeness (QED) is 0.0138. The lowest BCUT2D eigenvalue weighted by Gasteiger charge is -2.35. The number of aliphatic hydroxyl groups excluding tert-OH is 1. The van der Waals surface area contributed by atoms with Gasteiger partial charge in [0.2, 0.25) is 23.6 Å². The van der Waals surface area contributed by atoms with Crippen LogP contribution in [-0.4, -0.2) is 189 Å². The van der Waals surface area contributed by atoms with E-state index in [1.165, 1.54) is 4.90 Å². The van der Waals surface area contributed by atoms with Crippen molar-refractivity contribution in [2.45, 2.75) is 99.0 Å². The average molecular weight is 1260 g/mol. The van der Waals surface area contributed by atoms with Gasteiger partial charge in [-0.25, -0.2) is 4.98 Å². The van der Waals surface area contributed by atoms with Crippen molar-refractivity contribution < 1.29 is 57.4 Å². The number of thiophene rings is 1. The minimum absolute atomic E-state index is 0.0443. The number of azide groups is 1. The van der Waals surface area contributed by atoms with Crippen molar-refractivity contribution in [1.29, 1.82) is 0 Å². The highest BCUT2D eigenvalue weighted by atomic mass is 35.5. The summed E-state index contributed by atoms with van der Waals surface area (Å²) in [6.45, 7) is 18.8. The lowest BCUT2D eigenvalue weighted by molar-refractivity contribution is -0.145. The summed E-state index contributed by atoms with van der Waals surface area (Å²) in [5, 5.41) is 33.4. The first-order valence-corrected chi connectivity index (χ1v) is 31.1. The number of aryl methyl sites for hydroxylation is 3. The predicted octanol–water partition coefficient (Wildman–Crippen LogP) is 6.98. The van der Waals surface area contributed by atoms with Gasteiger partial charge >= 0.3 is 0 Å². The van der Waals surface area contributed by atoms with Crippen LogP contribution >= 0.6 is 34.3 Å². The molecule has 1 saturated heterocycles. The monoisotopic (exact) mass is 1260 g/mol. The van der Waals surface area contributed by atoms with E-state index in [4.69, 9.17) is 55.3 Å². The van der Waals surface area contributed by atoms with Crippen molar-refractivity contribution in [2.24, 2.45) is 20.9 Å². The molecule has 2 aliphatic heterocycles.